The fraction of sp³-hybridized carbons (Fsp3) is 0.917. The molecule has 2 unspecified atom stereocenters. The Morgan fingerprint density at radius 3 is 2.94 bits per heavy atom. The Hall–Kier alpha value is -0.610. The third-order valence-electron chi connectivity index (χ3n) is 3.85. The molecular formula is C12H23N3O. The highest BCUT2D eigenvalue weighted by Gasteiger charge is 2.24. The first-order valence-electron chi connectivity index (χ1n) is 6.46. The van der Waals surface area contributed by atoms with Gasteiger partial charge in [0.2, 0.25) is 5.91 Å². The van der Waals surface area contributed by atoms with Crippen molar-refractivity contribution in [3.8, 4) is 0 Å². The molecule has 0 aromatic heterocycles. The largest absolute Gasteiger partial charge is 0.354 e. The fourth-order valence-corrected chi connectivity index (χ4v) is 2.68. The van der Waals surface area contributed by atoms with Crippen molar-refractivity contribution in [3.05, 3.63) is 0 Å². The van der Waals surface area contributed by atoms with E-state index in [2.05, 4.69) is 22.6 Å². The van der Waals surface area contributed by atoms with Crippen LogP contribution in [0.3, 0.4) is 0 Å². The van der Waals surface area contributed by atoms with Crippen LogP contribution in [0.5, 0.6) is 0 Å². The predicted molar refractivity (Wildman–Crippen MR) is 64.3 cm³/mol. The fourth-order valence-electron chi connectivity index (χ4n) is 2.68. The lowest BCUT2D eigenvalue weighted by Gasteiger charge is -2.24. The topological polar surface area (TPSA) is 44.4 Å². The summed E-state index contributed by atoms with van der Waals surface area (Å²) in [7, 11) is 2.14. The van der Waals surface area contributed by atoms with Gasteiger partial charge in [-0.3, -0.25) is 4.79 Å². The van der Waals surface area contributed by atoms with Crippen molar-refractivity contribution in [1.29, 1.82) is 0 Å². The van der Waals surface area contributed by atoms with Crippen LogP contribution in [0.15, 0.2) is 0 Å². The molecule has 2 aliphatic rings. The van der Waals surface area contributed by atoms with Crippen molar-refractivity contribution in [1.82, 2.24) is 15.5 Å². The number of carbonyl (C=O) groups excluding carboxylic acids is 1. The lowest BCUT2D eigenvalue weighted by Crippen LogP contribution is -2.44. The average molecular weight is 225 g/mol. The molecule has 0 spiro atoms. The molecule has 2 heterocycles. The monoisotopic (exact) mass is 225 g/mol. The number of amides is 1. The summed E-state index contributed by atoms with van der Waals surface area (Å²) >= 11 is 0. The molecule has 92 valence electrons. The van der Waals surface area contributed by atoms with Gasteiger partial charge in [-0.1, -0.05) is 0 Å². The van der Waals surface area contributed by atoms with Crippen LogP contribution in [0.1, 0.15) is 25.7 Å². The van der Waals surface area contributed by atoms with E-state index in [1.165, 1.54) is 19.4 Å². The molecule has 2 rings (SSSR count). The van der Waals surface area contributed by atoms with E-state index in [4.69, 9.17) is 0 Å². The Balaban J connectivity index is 1.70. The number of piperidine rings is 1. The van der Waals surface area contributed by atoms with Crippen molar-refractivity contribution in [2.45, 2.75) is 31.7 Å². The summed E-state index contributed by atoms with van der Waals surface area (Å²) in [6.07, 6.45) is 4.66. The Kier molecular flexibility index (Phi) is 4.18. The van der Waals surface area contributed by atoms with Gasteiger partial charge in [0.25, 0.3) is 0 Å². The molecular weight excluding hydrogens is 202 g/mol. The van der Waals surface area contributed by atoms with Gasteiger partial charge in [-0.05, 0) is 45.8 Å². The number of nitrogens with zero attached hydrogens (tertiary/aromatic N) is 1. The molecule has 0 saturated carbocycles. The van der Waals surface area contributed by atoms with E-state index in [9.17, 15) is 4.79 Å². The highest BCUT2D eigenvalue weighted by atomic mass is 16.1. The van der Waals surface area contributed by atoms with E-state index in [0.717, 1.165) is 32.5 Å². The van der Waals surface area contributed by atoms with Crippen molar-refractivity contribution in [3.63, 3.8) is 0 Å². The minimum atomic E-state index is 0.195. The summed E-state index contributed by atoms with van der Waals surface area (Å²) in [5, 5.41) is 6.39. The maximum absolute atomic E-state index is 11.9. The third kappa shape index (κ3) is 2.95. The van der Waals surface area contributed by atoms with Crippen LogP contribution < -0.4 is 10.6 Å². The molecule has 0 aliphatic carbocycles. The van der Waals surface area contributed by atoms with E-state index >= 15 is 0 Å². The summed E-state index contributed by atoms with van der Waals surface area (Å²) < 4.78 is 0. The molecule has 4 nitrogen and oxygen atoms in total. The van der Waals surface area contributed by atoms with Crippen LogP contribution in [0, 0.1) is 5.92 Å². The Labute approximate surface area is 97.8 Å². The molecule has 2 fully saturated rings. The van der Waals surface area contributed by atoms with Gasteiger partial charge in [-0.2, -0.15) is 0 Å². The maximum Gasteiger partial charge on any atom is 0.224 e. The minimum absolute atomic E-state index is 0.195. The lowest BCUT2D eigenvalue weighted by molar-refractivity contribution is -0.125. The Morgan fingerprint density at radius 2 is 2.31 bits per heavy atom. The number of hydrogen-bond donors (Lipinski definition) is 2. The molecule has 16 heavy (non-hydrogen) atoms. The SMILES string of the molecule is CN1CCCC1CNC(=O)C1CCCNC1. The van der Waals surface area contributed by atoms with Crippen LogP contribution in [-0.2, 0) is 4.79 Å². The van der Waals surface area contributed by atoms with E-state index in [1.54, 1.807) is 0 Å². The smallest absolute Gasteiger partial charge is 0.224 e. The molecule has 2 atom stereocenters. The Morgan fingerprint density at radius 1 is 1.44 bits per heavy atom. The minimum Gasteiger partial charge on any atom is -0.354 e. The first-order chi connectivity index (χ1) is 7.77. The molecule has 0 aromatic rings. The van der Waals surface area contributed by atoms with Crippen LogP contribution in [0.4, 0.5) is 0 Å². The van der Waals surface area contributed by atoms with Gasteiger partial charge in [0.05, 0.1) is 5.92 Å². The van der Waals surface area contributed by atoms with Gasteiger partial charge in [-0.15, -0.1) is 0 Å². The molecule has 2 aliphatic heterocycles. The highest BCUT2D eigenvalue weighted by molar-refractivity contribution is 5.79. The van der Waals surface area contributed by atoms with E-state index in [-0.39, 0.29) is 11.8 Å². The lowest BCUT2D eigenvalue weighted by atomic mass is 9.99. The first kappa shape index (κ1) is 11.9. The second-order valence-corrected chi connectivity index (χ2v) is 5.07. The zero-order valence-electron chi connectivity index (χ0n) is 10.2. The van der Waals surface area contributed by atoms with E-state index < -0.39 is 0 Å². The predicted octanol–water partition coefficient (Wildman–Crippen LogP) is 0.196. The first-order valence-corrected chi connectivity index (χ1v) is 6.46. The van der Waals surface area contributed by atoms with E-state index in [1.807, 2.05) is 0 Å². The number of hydrogen-bond acceptors (Lipinski definition) is 3. The average Bonchev–Trinajstić information content (AvgIpc) is 2.73. The zero-order chi connectivity index (χ0) is 11.4. The van der Waals surface area contributed by atoms with Gasteiger partial charge in [0.15, 0.2) is 0 Å². The quantitative estimate of drug-likeness (QED) is 0.721. The number of likely N-dealkylation sites (N-methyl/N-ethyl adjacent to an activating group) is 1. The second kappa shape index (κ2) is 5.64. The van der Waals surface area contributed by atoms with Gasteiger partial charge in [0, 0.05) is 19.1 Å². The second-order valence-electron chi connectivity index (χ2n) is 5.07. The summed E-state index contributed by atoms with van der Waals surface area (Å²) in [5.74, 6) is 0.438. The summed E-state index contributed by atoms with van der Waals surface area (Å²) in [4.78, 5) is 14.2. The summed E-state index contributed by atoms with van der Waals surface area (Å²) in [6, 6.07) is 0.556. The molecule has 4 heteroatoms. The summed E-state index contributed by atoms with van der Waals surface area (Å²) in [6.45, 7) is 3.92. The maximum atomic E-state index is 11.9. The normalized spacial score (nSPS) is 31.6. The van der Waals surface area contributed by atoms with Crippen molar-refractivity contribution < 1.29 is 4.79 Å². The number of nitrogens with one attached hydrogen (secondary N) is 2. The summed E-state index contributed by atoms with van der Waals surface area (Å²) in [5.41, 5.74) is 0. The molecule has 2 saturated heterocycles. The van der Waals surface area contributed by atoms with Gasteiger partial charge >= 0.3 is 0 Å². The highest BCUT2D eigenvalue weighted by Crippen LogP contribution is 2.14. The van der Waals surface area contributed by atoms with Crippen molar-refractivity contribution in [2.24, 2.45) is 5.92 Å². The number of carbonyl (C=O) groups is 1. The Bertz CT molecular complexity index is 238. The van der Waals surface area contributed by atoms with Crippen LogP contribution in [-0.4, -0.2) is 50.1 Å². The number of likely N-dealkylation sites (tertiary alicyclic amines) is 1. The number of rotatable bonds is 3. The van der Waals surface area contributed by atoms with Crippen molar-refractivity contribution >= 4 is 5.91 Å². The van der Waals surface area contributed by atoms with Gasteiger partial charge in [-0.25, -0.2) is 0 Å². The van der Waals surface area contributed by atoms with Crippen LogP contribution >= 0.6 is 0 Å². The third-order valence-corrected chi connectivity index (χ3v) is 3.85. The molecule has 1 amide bonds. The molecule has 0 radical (unpaired) electrons. The van der Waals surface area contributed by atoms with Crippen LogP contribution in [0.2, 0.25) is 0 Å². The van der Waals surface area contributed by atoms with Gasteiger partial charge in [0.1, 0.15) is 0 Å². The van der Waals surface area contributed by atoms with Crippen molar-refractivity contribution in [2.75, 3.05) is 33.2 Å². The molecule has 0 aromatic carbocycles. The van der Waals surface area contributed by atoms with E-state index in [0.29, 0.717) is 6.04 Å². The standard InChI is InChI=1S/C12H23N3O/c1-15-7-3-5-11(15)9-14-12(16)10-4-2-6-13-8-10/h10-11,13H,2-9H2,1H3,(H,14,16). The van der Waals surface area contributed by atoms with Crippen LogP contribution in [0.25, 0.3) is 0 Å². The zero-order valence-corrected chi connectivity index (χ0v) is 10.2. The molecule has 2 N–H and O–H groups in total. The molecule has 0 bridgehead atoms. The van der Waals surface area contributed by atoms with Gasteiger partial charge < -0.3 is 15.5 Å².